The number of likely N-dealkylation sites (tertiary alicyclic amines) is 1. The lowest BCUT2D eigenvalue weighted by molar-refractivity contribution is -0.109. The Balaban J connectivity index is 1.61. The zero-order chi connectivity index (χ0) is 16.9. The molecule has 0 aromatic heterocycles. The molecule has 1 saturated heterocycles. The minimum absolute atomic E-state index is 0.140. The molecule has 1 fully saturated rings. The van der Waals surface area contributed by atoms with Crippen LogP contribution in [0.2, 0.25) is 0 Å². The maximum Gasteiger partial charge on any atom is 0.321 e. The molecular weight excluding hydrogens is 304 g/mol. The summed E-state index contributed by atoms with van der Waals surface area (Å²) in [6.45, 7) is 1.91. The van der Waals surface area contributed by atoms with E-state index in [1.165, 1.54) is 18.4 Å². The van der Waals surface area contributed by atoms with Gasteiger partial charge in [0.05, 0.1) is 11.4 Å². The number of urea groups is 1. The molecule has 1 aliphatic heterocycles. The van der Waals surface area contributed by atoms with Crippen LogP contribution in [0.5, 0.6) is 0 Å². The molecular formula is C18H24N4O2. The quantitative estimate of drug-likeness (QED) is 0.573. The van der Waals surface area contributed by atoms with Crippen molar-refractivity contribution in [2.45, 2.75) is 25.7 Å². The topological polar surface area (TPSA) is 87.5 Å². The van der Waals surface area contributed by atoms with E-state index in [-0.39, 0.29) is 6.03 Å². The number of benzene rings is 1. The molecule has 4 N–H and O–H groups in total. The van der Waals surface area contributed by atoms with Gasteiger partial charge in [-0.2, -0.15) is 0 Å². The number of hydrogen-bond donors (Lipinski definition) is 3. The van der Waals surface area contributed by atoms with E-state index in [9.17, 15) is 9.59 Å². The second-order valence-corrected chi connectivity index (χ2v) is 6.50. The molecule has 1 heterocycles. The number of nitrogen functional groups attached to an aromatic ring is 1. The number of anilines is 2. The Labute approximate surface area is 142 Å². The van der Waals surface area contributed by atoms with Crippen molar-refractivity contribution >= 4 is 29.4 Å². The molecule has 6 nitrogen and oxygen atoms in total. The first-order valence-corrected chi connectivity index (χ1v) is 8.49. The molecule has 0 atom stereocenters. The Morgan fingerprint density at radius 2 is 2.17 bits per heavy atom. The fourth-order valence-electron chi connectivity index (χ4n) is 3.24. The summed E-state index contributed by atoms with van der Waals surface area (Å²) in [4.78, 5) is 24.3. The van der Waals surface area contributed by atoms with Crippen LogP contribution in [0.3, 0.4) is 0 Å². The highest BCUT2D eigenvalue weighted by Crippen LogP contribution is 2.31. The van der Waals surface area contributed by atoms with Crippen LogP contribution < -0.4 is 16.4 Å². The van der Waals surface area contributed by atoms with E-state index in [0.29, 0.717) is 43.3 Å². The van der Waals surface area contributed by atoms with Crippen LogP contribution in [0.15, 0.2) is 24.3 Å². The van der Waals surface area contributed by atoms with Crippen molar-refractivity contribution in [2.24, 2.45) is 5.92 Å². The van der Waals surface area contributed by atoms with Crippen LogP contribution >= 0.6 is 0 Å². The van der Waals surface area contributed by atoms with Gasteiger partial charge in [-0.25, -0.2) is 4.79 Å². The van der Waals surface area contributed by atoms with Crippen molar-refractivity contribution in [3.63, 3.8) is 0 Å². The van der Waals surface area contributed by atoms with Crippen molar-refractivity contribution in [2.75, 3.05) is 30.7 Å². The Hall–Kier alpha value is -2.50. The third-order valence-corrected chi connectivity index (χ3v) is 4.69. The van der Waals surface area contributed by atoms with Gasteiger partial charge in [0.1, 0.15) is 0 Å². The lowest BCUT2D eigenvalue weighted by atomic mass is 9.93. The summed E-state index contributed by atoms with van der Waals surface area (Å²) in [5.74, 6) is 0.331. The number of nitrogens with one attached hydrogen (secondary N) is 2. The van der Waals surface area contributed by atoms with E-state index in [2.05, 4.69) is 16.7 Å². The average Bonchev–Trinajstić information content (AvgIpc) is 2.56. The molecule has 3 rings (SSSR count). The molecule has 24 heavy (non-hydrogen) atoms. The summed E-state index contributed by atoms with van der Waals surface area (Å²) in [6.07, 6.45) is 7.62. The summed E-state index contributed by atoms with van der Waals surface area (Å²) in [5, 5.41) is 5.56. The van der Waals surface area contributed by atoms with Crippen molar-refractivity contribution in [3.8, 4) is 0 Å². The van der Waals surface area contributed by atoms with Crippen molar-refractivity contribution in [3.05, 3.63) is 29.8 Å². The largest absolute Gasteiger partial charge is 0.397 e. The number of hydrogen-bond acceptors (Lipinski definition) is 3. The van der Waals surface area contributed by atoms with Crippen molar-refractivity contribution in [1.29, 1.82) is 0 Å². The Kier molecular flexibility index (Phi) is 5.03. The molecule has 0 spiro atoms. The van der Waals surface area contributed by atoms with E-state index < -0.39 is 0 Å². The van der Waals surface area contributed by atoms with Gasteiger partial charge in [0.15, 0.2) is 0 Å². The van der Waals surface area contributed by atoms with Gasteiger partial charge in [-0.3, -0.25) is 4.79 Å². The number of amides is 3. The summed E-state index contributed by atoms with van der Waals surface area (Å²) >= 11 is 0. The maximum absolute atomic E-state index is 12.3. The average molecular weight is 328 g/mol. The Morgan fingerprint density at radius 3 is 2.88 bits per heavy atom. The normalized spacial score (nSPS) is 17.7. The van der Waals surface area contributed by atoms with E-state index in [1.807, 2.05) is 18.2 Å². The fourth-order valence-corrected chi connectivity index (χ4v) is 3.24. The molecule has 0 unspecified atom stereocenters. The Morgan fingerprint density at radius 1 is 1.33 bits per heavy atom. The first kappa shape index (κ1) is 16.4. The highest BCUT2D eigenvalue weighted by Gasteiger charge is 2.30. The molecule has 3 amide bonds. The SMILES string of the molecule is Nc1ccc(C2=CCCCC2)cc1NC(=O)N1CC(CNC=O)C1. The number of allylic oxidation sites excluding steroid dienone is 2. The van der Waals surface area contributed by atoms with E-state index in [0.717, 1.165) is 18.4 Å². The maximum atomic E-state index is 12.3. The first-order valence-electron chi connectivity index (χ1n) is 8.49. The number of carbonyl (C=O) groups is 2. The molecule has 0 saturated carbocycles. The monoisotopic (exact) mass is 328 g/mol. The van der Waals surface area contributed by atoms with Gasteiger partial charge in [-0.15, -0.1) is 0 Å². The van der Waals surface area contributed by atoms with Gasteiger partial charge < -0.3 is 21.3 Å². The minimum atomic E-state index is -0.140. The number of rotatable bonds is 5. The van der Waals surface area contributed by atoms with Gasteiger partial charge in [-0.05, 0) is 49.0 Å². The molecule has 6 heteroatoms. The Bertz CT molecular complexity index is 650. The third-order valence-electron chi connectivity index (χ3n) is 4.69. The van der Waals surface area contributed by atoms with Crippen LogP contribution in [0.1, 0.15) is 31.2 Å². The summed E-state index contributed by atoms with van der Waals surface area (Å²) < 4.78 is 0. The van der Waals surface area contributed by atoms with Gasteiger partial charge in [0.2, 0.25) is 6.41 Å². The second-order valence-electron chi connectivity index (χ2n) is 6.50. The lowest BCUT2D eigenvalue weighted by Gasteiger charge is -2.39. The minimum Gasteiger partial charge on any atom is -0.397 e. The van der Waals surface area contributed by atoms with Crippen LogP contribution in [0.4, 0.5) is 16.2 Å². The molecule has 1 aliphatic carbocycles. The lowest BCUT2D eigenvalue weighted by Crippen LogP contribution is -2.54. The fraction of sp³-hybridized carbons (Fsp3) is 0.444. The van der Waals surface area contributed by atoms with E-state index in [4.69, 9.17) is 5.73 Å². The molecule has 0 radical (unpaired) electrons. The predicted octanol–water partition coefficient (Wildman–Crippen LogP) is 2.44. The zero-order valence-corrected chi connectivity index (χ0v) is 13.8. The highest BCUT2D eigenvalue weighted by atomic mass is 16.2. The molecule has 128 valence electrons. The van der Waals surface area contributed by atoms with Crippen LogP contribution in [0.25, 0.3) is 5.57 Å². The van der Waals surface area contributed by atoms with Crippen LogP contribution in [0, 0.1) is 5.92 Å². The molecule has 2 aliphatic rings. The second kappa shape index (κ2) is 7.38. The van der Waals surface area contributed by atoms with Gasteiger partial charge in [0, 0.05) is 25.6 Å². The third kappa shape index (κ3) is 3.69. The van der Waals surface area contributed by atoms with E-state index >= 15 is 0 Å². The number of carbonyl (C=O) groups excluding carboxylic acids is 2. The highest BCUT2D eigenvalue weighted by molar-refractivity contribution is 5.94. The first-order chi connectivity index (χ1) is 11.7. The van der Waals surface area contributed by atoms with Crippen LogP contribution in [-0.2, 0) is 4.79 Å². The van der Waals surface area contributed by atoms with Gasteiger partial charge in [0.25, 0.3) is 0 Å². The summed E-state index contributed by atoms with van der Waals surface area (Å²) in [5.41, 5.74) is 9.73. The molecule has 1 aromatic rings. The molecule has 0 bridgehead atoms. The van der Waals surface area contributed by atoms with Gasteiger partial charge in [-0.1, -0.05) is 12.1 Å². The van der Waals surface area contributed by atoms with E-state index in [1.54, 1.807) is 4.90 Å². The predicted molar refractivity (Wildman–Crippen MR) is 95.4 cm³/mol. The van der Waals surface area contributed by atoms with Crippen molar-refractivity contribution in [1.82, 2.24) is 10.2 Å². The smallest absolute Gasteiger partial charge is 0.321 e. The van der Waals surface area contributed by atoms with Crippen molar-refractivity contribution < 1.29 is 9.59 Å². The number of nitrogens with zero attached hydrogens (tertiary/aromatic N) is 1. The number of nitrogens with two attached hydrogens (primary N) is 1. The standard InChI is InChI=1S/C18H24N4O2/c19-16-7-6-15(14-4-2-1-3-5-14)8-17(16)21-18(24)22-10-13(11-22)9-20-12-23/h4,6-8,12-13H,1-3,5,9-11,19H2,(H,20,23)(H,21,24). The zero-order valence-electron chi connectivity index (χ0n) is 13.8. The molecule has 1 aromatic carbocycles. The van der Waals surface area contributed by atoms with Gasteiger partial charge >= 0.3 is 6.03 Å². The summed E-state index contributed by atoms with van der Waals surface area (Å²) in [7, 11) is 0. The summed E-state index contributed by atoms with van der Waals surface area (Å²) in [6, 6.07) is 5.70. The van der Waals surface area contributed by atoms with Crippen LogP contribution in [-0.4, -0.2) is 37.0 Å².